The van der Waals surface area contributed by atoms with Crippen LogP contribution in [0.25, 0.3) is 0 Å². The van der Waals surface area contributed by atoms with Crippen LogP contribution in [0.3, 0.4) is 0 Å². The topological polar surface area (TPSA) is 96.0 Å². The highest BCUT2D eigenvalue weighted by molar-refractivity contribution is 5.80. The minimum atomic E-state index is -0.355. The molecule has 2 amide bonds. The third-order valence-electron chi connectivity index (χ3n) is 8.91. The molecule has 0 unspecified atom stereocenters. The molecule has 0 aromatic heterocycles. The van der Waals surface area contributed by atoms with Gasteiger partial charge in [0, 0.05) is 31.2 Å². The Hall–Kier alpha value is -3.52. The van der Waals surface area contributed by atoms with E-state index < -0.39 is 0 Å². The first-order chi connectivity index (χ1) is 25.9. The molecule has 1 aliphatic heterocycles. The van der Waals surface area contributed by atoms with Crippen molar-refractivity contribution >= 4 is 29.8 Å². The van der Waals surface area contributed by atoms with Gasteiger partial charge in [-0.2, -0.15) is 0 Å². The number of anilines is 1. The Morgan fingerprint density at radius 3 is 1.87 bits per heavy atom. The number of likely N-dealkylation sites (tertiary alicyclic amines) is 1. The molecule has 0 saturated carbocycles. The molecule has 1 N–H and O–H groups in total. The Bertz CT molecular complexity index is 1250. The summed E-state index contributed by atoms with van der Waals surface area (Å²) in [6.07, 6.45) is 13.1. The van der Waals surface area contributed by atoms with Gasteiger partial charge in [0.1, 0.15) is 5.78 Å². The average molecular weight is 754 g/mol. The number of amides is 2. The third-order valence-corrected chi connectivity index (χ3v) is 8.91. The summed E-state index contributed by atoms with van der Waals surface area (Å²) < 4.78 is 4.82. The number of ketones is 2. The molecule has 3 rings (SSSR count). The van der Waals surface area contributed by atoms with Crippen LogP contribution < -0.4 is 5.32 Å². The lowest BCUT2D eigenvalue weighted by Gasteiger charge is -2.31. The highest BCUT2D eigenvalue weighted by Crippen LogP contribution is 2.17. The molecule has 8 heteroatoms. The summed E-state index contributed by atoms with van der Waals surface area (Å²) in [4.78, 5) is 47.4. The number of hydrogen-bond donors (Lipinski definition) is 1. The van der Waals surface area contributed by atoms with Crippen molar-refractivity contribution < 1.29 is 23.9 Å². The lowest BCUT2D eigenvalue weighted by Crippen LogP contribution is -2.38. The van der Waals surface area contributed by atoms with Crippen LogP contribution in [0.2, 0.25) is 0 Å². The van der Waals surface area contributed by atoms with Gasteiger partial charge >= 0.3 is 6.09 Å². The largest absolute Gasteiger partial charge is 0.441 e. The first-order valence-corrected chi connectivity index (χ1v) is 20.9. The third kappa shape index (κ3) is 25.5. The monoisotopic (exact) mass is 754 g/mol. The van der Waals surface area contributed by atoms with Crippen molar-refractivity contribution in [3.05, 3.63) is 64.7 Å². The number of benzene rings is 2. The van der Waals surface area contributed by atoms with Gasteiger partial charge in [-0.15, -0.1) is 0 Å². The minimum Gasteiger partial charge on any atom is -0.441 e. The van der Waals surface area contributed by atoms with Crippen LogP contribution >= 0.6 is 0 Å². The Balaban J connectivity index is 0. The van der Waals surface area contributed by atoms with Crippen molar-refractivity contribution in [2.75, 3.05) is 38.1 Å². The summed E-state index contributed by atoms with van der Waals surface area (Å²) in [5.41, 5.74) is 5.74. The van der Waals surface area contributed by atoms with Gasteiger partial charge in [-0.05, 0) is 114 Å². The van der Waals surface area contributed by atoms with Gasteiger partial charge in [-0.1, -0.05) is 117 Å². The number of rotatable bonds is 17. The van der Waals surface area contributed by atoms with Gasteiger partial charge in [-0.25, -0.2) is 4.79 Å². The van der Waals surface area contributed by atoms with E-state index >= 15 is 0 Å². The first-order valence-electron chi connectivity index (χ1n) is 20.9. The molecule has 1 heterocycles. The molecule has 2 aromatic rings. The van der Waals surface area contributed by atoms with Gasteiger partial charge in [-0.3, -0.25) is 14.4 Å². The smallest absolute Gasteiger partial charge is 0.410 e. The molecule has 1 aliphatic rings. The Morgan fingerprint density at radius 1 is 0.833 bits per heavy atom. The summed E-state index contributed by atoms with van der Waals surface area (Å²) in [7, 11) is 0. The van der Waals surface area contributed by atoms with E-state index in [1.807, 2.05) is 57.2 Å². The first kappa shape index (κ1) is 52.6. The fourth-order valence-corrected chi connectivity index (χ4v) is 6.20. The molecule has 0 radical (unpaired) electrons. The average Bonchev–Trinajstić information content (AvgIpc) is 3.14. The zero-order valence-corrected chi connectivity index (χ0v) is 36.5. The number of aryl methyl sites for hydroxylation is 3. The zero-order chi connectivity index (χ0) is 41.3. The van der Waals surface area contributed by atoms with Crippen LogP contribution in [-0.2, 0) is 32.0 Å². The highest BCUT2D eigenvalue weighted by Gasteiger charge is 2.21. The number of para-hydroxylation sites is 1. The van der Waals surface area contributed by atoms with Crippen molar-refractivity contribution in [3.8, 4) is 0 Å². The number of hydrogen-bond acceptors (Lipinski definition) is 6. The van der Waals surface area contributed by atoms with Crippen LogP contribution in [0, 0.1) is 19.8 Å². The van der Waals surface area contributed by atoms with Crippen LogP contribution in [0.15, 0.2) is 42.5 Å². The summed E-state index contributed by atoms with van der Waals surface area (Å²) in [5, 5.41) is 2.68. The van der Waals surface area contributed by atoms with Crippen molar-refractivity contribution in [3.63, 3.8) is 0 Å². The number of piperidine rings is 1. The highest BCUT2D eigenvalue weighted by atomic mass is 16.6. The van der Waals surface area contributed by atoms with Crippen molar-refractivity contribution in [1.82, 2.24) is 9.80 Å². The molecule has 1 saturated heterocycles. The number of Topliss-reactive ketones (excluding diaryl/α,β-unsaturated/α-hetero) is 2. The minimum absolute atomic E-state index is 0.106. The standard InChI is InChI=1S/C13H29N.C11H14O.C10H17NO3.C10H13NO.C2H6/c1-5-9-13(10-6-2)14(11-7-3)12-8-4;1-8-4-5-11(7-10(3)12)9(2)6-8;1-8-3-5-11(6-4-8)10(13)14-7-9(2)12;1-2-5-9-6-3-4-7-10(9)11-8-12;1-2/h13H,5-12H2,1-4H3;4-6H,7H2,1-3H3;8H,3-7H2,1-2H3;3-4,6-8H,2,5H2,1H3,(H,11,12);1-2H3. The van der Waals surface area contributed by atoms with Crippen molar-refractivity contribution in [1.29, 1.82) is 0 Å². The SMILES string of the molecule is CC.CC(=O)COC(=O)N1CCC(C)CC1.CC(=O)Cc1ccc(C)cc1C.CCCC(CCC)N(CCC)CCC.CCCc1ccccc1NC=O. The molecule has 0 spiro atoms. The lowest BCUT2D eigenvalue weighted by atomic mass is 10.00. The number of nitrogens with one attached hydrogen (secondary N) is 1. The Labute approximate surface area is 331 Å². The number of ether oxygens (including phenoxy) is 1. The molecule has 0 bridgehead atoms. The van der Waals surface area contributed by atoms with Gasteiger partial charge in [0.15, 0.2) is 12.4 Å². The predicted octanol–water partition coefficient (Wildman–Crippen LogP) is 11.2. The molecule has 0 atom stereocenters. The normalized spacial score (nSPS) is 12.1. The van der Waals surface area contributed by atoms with E-state index in [-0.39, 0.29) is 24.3 Å². The maximum atomic E-state index is 11.4. The molecule has 2 aromatic carbocycles. The summed E-state index contributed by atoms with van der Waals surface area (Å²) in [6.45, 7) is 28.6. The molecular formula is C46H79N3O5. The van der Waals surface area contributed by atoms with E-state index in [1.54, 1.807) is 11.8 Å². The molecule has 0 aliphatic carbocycles. The van der Waals surface area contributed by atoms with E-state index in [4.69, 9.17) is 4.74 Å². The van der Waals surface area contributed by atoms with Gasteiger partial charge in [0.2, 0.25) is 6.41 Å². The van der Waals surface area contributed by atoms with E-state index in [0.717, 1.165) is 56.1 Å². The molecule has 1 fully saturated rings. The Kier molecular flexibility index (Phi) is 33.1. The van der Waals surface area contributed by atoms with E-state index in [1.165, 1.54) is 75.2 Å². The fraction of sp³-hybridized carbons (Fsp3) is 0.652. The molecule has 8 nitrogen and oxygen atoms in total. The molecule has 54 heavy (non-hydrogen) atoms. The number of nitrogens with zero attached hydrogens (tertiary/aromatic N) is 2. The second-order valence-corrected chi connectivity index (χ2v) is 14.2. The van der Waals surface area contributed by atoms with Crippen LogP contribution in [-0.4, -0.2) is 72.7 Å². The van der Waals surface area contributed by atoms with Crippen LogP contribution in [0.1, 0.15) is 149 Å². The summed E-state index contributed by atoms with van der Waals surface area (Å²) >= 11 is 0. The van der Waals surface area contributed by atoms with Crippen LogP contribution in [0.4, 0.5) is 10.5 Å². The van der Waals surface area contributed by atoms with Gasteiger partial charge < -0.3 is 19.9 Å². The summed E-state index contributed by atoms with van der Waals surface area (Å²) in [5.74, 6) is 0.789. The second-order valence-electron chi connectivity index (χ2n) is 14.2. The van der Waals surface area contributed by atoms with Crippen LogP contribution in [0.5, 0.6) is 0 Å². The quantitative estimate of drug-likeness (QED) is 0.162. The predicted molar refractivity (Wildman–Crippen MR) is 230 cm³/mol. The van der Waals surface area contributed by atoms with Gasteiger partial charge in [0.25, 0.3) is 0 Å². The maximum absolute atomic E-state index is 11.4. The number of carbonyl (C=O) groups excluding carboxylic acids is 4. The fourth-order valence-electron chi connectivity index (χ4n) is 6.20. The molecule has 308 valence electrons. The second kappa shape index (κ2) is 34.0. The number of carbonyl (C=O) groups is 4. The Morgan fingerprint density at radius 2 is 1.41 bits per heavy atom. The van der Waals surface area contributed by atoms with Gasteiger partial charge in [0.05, 0.1) is 0 Å². The van der Waals surface area contributed by atoms with Crippen molar-refractivity contribution in [2.45, 2.75) is 160 Å². The van der Waals surface area contributed by atoms with Crippen molar-refractivity contribution in [2.24, 2.45) is 5.92 Å². The maximum Gasteiger partial charge on any atom is 0.410 e. The lowest BCUT2D eigenvalue weighted by molar-refractivity contribution is -0.120. The van der Waals surface area contributed by atoms with E-state index in [2.05, 4.69) is 64.7 Å². The summed E-state index contributed by atoms with van der Waals surface area (Å²) in [6, 6.07) is 14.9. The van der Waals surface area contributed by atoms with E-state index in [9.17, 15) is 19.2 Å². The zero-order valence-electron chi connectivity index (χ0n) is 36.5. The van der Waals surface area contributed by atoms with E-state index in [0.29, 0.717) is 18.7 Å². The molecular weight excluding hydrogens is 675 g/mol.